The molecule has 2 atom stereocenters. The number of hydrogen-bond acceptors (Lipinski definition) is 2. The van der Waals surface area contributed by atoms with E-state index < -0.39 is 17.7 Å². The molecule has 1 nitrogen and oxygen atoms in total. The molecule has 1 fully saturated rings. The van der Waals surface area contributed by atoms with Gasteiger partial charge in [-0.3, -0.25) is 0 Å². The van der Waals surface area contributed by atoms with E-state index >= 15 is 0 Å². The van der Waals surface area contributed by atoms with Gasteiger partial charge >= 0.3 is 6.18 Å². The highest BCUT2D eigenvalue weighted by atomic mass is 35.5. The van der Waals surface area contributed by atoms with Gasteiger partial charge in [-0.25, -0.2) is 0 Å². The minimum Gasteiger partial charge on any atom is -0.380 e. The lowest BCUT2D eigenvalue weighted by Crippen LogP contribution is -2.53. The van der Waals surface area contributed by atoms with Gasteiger partial charge in [0.1, 0.15) is 0 Å². The Kier molecular flexibility index (Phi) is 3.95. The molecule has 1 aliphatic rings. The lowest BCUT2D eigenvalue weighted by molar-refractivity contribution is -0.288. The molecule has 0 bridgehead atoms. The summed E-state index contributed by atoms with van der Waals surface area (Å²) in [6, 6.07) is 1.68. The topological polar surface area (TPSA) is 20.2 Å². The molecule has 1 saturated carbocycles. The molecular weight excluding hydrogens is 285 g/mol. The summed E-state index contributed by atoms with van der Waals surface area (Å²) in [6.45, 7) is 0. The highest BCUT2D eigenvalue weighted by Gasteiger charge is 2.58. The van der Waals surface area contributed by atoms with Crippen molar-refractivity contribution in [2.24, 2.45) is 5.92 Å². The van der Waals surface area contributed by atoms with Crippen LogP contribution >= 0.6 is 22.9 Å². The van der Waals surface area contributed by atoms with Crippen LogP contribution in [0.1, 0.15) is 31.2 Å². The molecule has 1 aliphatic carbocycles. The Bertz CT molecular complexity index is 418. The smallest absolute Gasteiger partial charge is 0.380 e. The van der Waals surface area contributed by atoms with E-state index in [1.165, 1.54) is 11.3 Å². The van der Waals surface area contributed by atoms with Crippen LogP contribution in [0.15, 0.2) is 11.4 Å². The van der Waals surface area contributed by atoms with Gasteiger partial charge in [-0.1, -0.05) is 24.4 Å². The van der Waals surface area contributed by atoms with Crippen molar-refractivity contribution in [1.82, 2.24) is 0 Å². The number of aliphatic hydroxyl groups is 1. The van der Waals surface area contributed by atoms with Crippen molar-refractivity contribution in [3.05, 3.63) is 21.3 Å². The van der Waals surface area contributed by atoms with E-state index in [9.17, 15) is 18.3 Å². The van der Waals surface area contributed by atoms with E-state index in [4.69, 9.17) is 11.6 Å². The average Bonchev–Trinajstić information content (AvgIpc) is 2.66. The summed E-state index contributed by atoms with van der Waals surface area (Å²) in [5.74, 6) is -0.767. The lowest BCUT2D eigenvalue weighted by Gasteiger charge is -2.41. The predicted molar refractivity (Wildman–Crippen MR) is 66.0 cm³/mol. The van der Waals surface area contributed by atoms with Crippen LogP contribution in [0.4, 0.5) is 13.2 Å². The zero-order valence-electron chi connectivity index (χ0n) is 9.63. The molecule has 0 spiro atoms. The summed E-state index contributed by atoms with van der Waals surface area (Å²) in [4.78, 5) is 0. The summed E-state index contributed by atoms with van der Waals surface area (Å²) in [7, 11) is 0. The van der Waals surface area contributed by atoms with E-state index in [1.54, 1.807) is 11.4 Å². The fourth-order valence-corrected chi connectivity index (χ4v) is 3.53. The summed E-state index contributed by atoms with van der Waals surface area (Å²) in [6.07, 6.45) is -2.95. The molecule has 0 unspecified atom stereocenters. The third kappa shape index (κ3) is 2.68. The Morgan fingerprint density at radius 2 is 2.17 bits per heavy atom. The molecule has 18 heavy (non-hydrogen) atoms. The Labute approximate surface area is 113 Å². The van der Waals surface area contributed by atoms with Crippen LogP contribution in [0.3, 0.4) is 0 Å². The molecule has 1 heterocycles. The van der Waals surface area contributed by atoms with Crippen LogP contribution in [0.2, 0.25) is 4.34 Å². The van der Waals surface area contributed by atoms with Crippen LogP contribution in [0, 0.1) is 5.92 Å². The molecule has 0 aliphatic heterocycles. The van der Waals surface area contributed by atoms with Crippen molar-refractivity contribution in [2.75, 3.05) is 0 Å². The first-order valence-electron chi connectivity index (χ1n) is 5.85. The van der Waals surface area contributed by atoms with Gasteiger partial charge in [-0.05, 0) is 36.3 Å². The zero-order valence-corrected chi connectivity index (χ0v) is 11.2. The Morgan fingerprint density at radius 1 is 1.44 bits per heavy atom. The van der Waals surface area contributed by atoms with E-state index in [2.05, 4.69) is 0 Å². The van der Waals surface area contributed by atoms with Crippen molar-refractivity contribution in [3.63, 3.8) is 0 Å². The fraction of sp³-hybridized carbons (Fsp3) is 0.667. The van der Waals surface area contributed by atoms with Gasteiger partial charge in [0.25, 0.3) is 0 Å². The van der Waals surface area contributed by atoms with Crippen molar-refractivity contribution < 1.29 is 18.3 Å². The first-order chi connectivity index (χ1) is 8.33. The number of alkyl halides is 3. The molecule has 1 aromatic rings. The third-order valence-corrected chi connectivity index (χ3v) is 4.77. The second-order valence-corrected chi connectivity index (χ2v) is 6.37. The van der Waals surface area contributed by atoms with Crippen molar-refractivity contribution in [1.29, 1.82) is 0 Å². The molecule has 102 valence electrons. The van der Waals surface area contributed by atoms with Crippen LogP contribution in [0.25, 0.3) is 0 Å². The summed E-state index contributed by atoms with van der Waals surface area (Å²) < 4.78 is 39.6. The molecule has 1 N–H and O–H groups in total. The summed E-state index contributed by atoms with van der Waals surface area (Å²) in [5.41, 5.74) is -1.76. The zero-order chi connectivity index (χ0) is 13.4. The van der Waals surface area contributed by atoms with Crippen molar-refractivity contribution in [3.8, 4) is 0 Å². The minimum absolute atomic E-state index is 0.195. The van der Waals surface area contributed by atoms with E-state index in [1.807, 2.05) is 0 Å². The van der Waals surface area contributed by atoms with Crippen LogP contribution in [-0.4, -0.2) is 16.9 Å². The molecule has 2 rings (SSSR count). The molecule has 6 heteroatoms. The SMILES string of the molecule is O[C@]1(C(F)(F)F)CCCC[C@H]1Cc1csc(Cl)c1. The standard InChI is InChI=1S/C12H14ClF3OS/c13-10-6-8(7-18-10)5-9-3-1-2-4-11(9,17)12(14,15)16/h6-7,9,17H,1-5H2/t9-,11+/m0/s1. The molecule has 0 amide bonds. The fourth-order valence-electron chi connectivity index (χ4n) is 2.61. The van der Waals surface area contributed by atoms with Gasteiger partial charge in [-0.15, -0.1) is 11.3 Å². The van der Waals surface area contributed by atoms with Crippen molar-refractivity contribution in [2.45, 2.75) is 43.9 Å². The first kappa shape index (κ1) is 14.2. The minimum atomic E-state index is -4.56. The third-order valence-electron chi connectivity index (χ3n) is 3.63. The van der Waals surface area contributed by atoms with Crippen LogP contribution < -0.4 is 0 Å². The quantitative estimate of drug-likeness (QED) is 0.856. The van der Waals surface area contributed by atoms with Gasteiger partial charge in [0.05, 0.1) is 4.34 Å². The molecule has 0 radical (unpaired) electrons. The van der Waals surface area contributed by atoms with Gasteiger partial charge in [0.2, 0.25) is 0 Å². The lowest BCUT2D eigenvalue weighted by atomic mass is 9.72. The highest BCUT2D eigenvalue weighted by molar-refractivity contribution is 7.14. The van der Waals surface area contributed by atoms with Gasteiger partial charge in [0.15, 0.2) is 5.60 Å². The second-order valence-electron chi connectivity index (χ2n) is 4.83. The molecule has 0 saturated heterocycles. The number of rotatable bonds is 2. The Balaban J connectivity index is 2.18. The van der Waals surface area contributed by atoms with E-state index in [0.717, 1.165) is 12.0 Å². The predicted octanol–water partition coefficient (Wildman–Crippen LogP) is 4.43. The number of thiophene rings is 1. The highest BCUT2D eigenvalue weighted by Crippen LogP contribution is 2.46. The molecular formula is C12H14ClF3OS. The van der Waals surface area contributed by atoms with E-state index in [-0.39, 0.29) is 12.8 Å². The first-order valence-corrected chi connectivity index (χ1v) is 7.11. The largest absolute Gasteiger partial charge is 0.417 e. The number of hydrogen-bond donors (Lipinski definition) is 1. The van der Waals surface area contributed by atoms with Gasteiger partial charge in [-0.2, -0.15) is 13.2 Å². The normalized spacial score (nSPS) is 29.5. The summed E-state index contributed by atoms with van der Waals surface area (Å²) in [5, 5.41) is 11.7. The second kappa shape index (κ2) is 5.02. The Morgan fingerprint density at radius 3 is 2.72 bits per heavy atom. The molecule has 1 aromatic heterocycles. The Hall–Kier alpha value is -0.260. The molecule has 0 aromatic carbocycles. The number of halogens is 4. The maximum absolute atomic E-state index is 13.0. The maximum atomic E-state index is 13.0. The van der Waals surface area contributed by atoms with E-state index in [0.29, 0.717) is 17.2 Å². The van der Waals surface area contributed by atoms with Crippen LogP contribution in [0.5, 0.6) is 0 Å². The van der Waals surface area contributed by atoms with Crippen molar-refractivity contribution >= 4 is 22.9 Å². The van der Waals surface area contributed by atoms with Gasteiger partial charge in [0, 0.05) is 5.92 Å². The monoisotopic (exact) mass is 298 g/mol. The summed E-state index contributed by atoms with van der Waals surface area (Å²) >= 11 is 7.08. The van der Waals surface area contributed by atoms with Gasteiger partial charge < -0.3 is 5.11 Å². The maximum Gasteiger partial charge on any atom is 0.417 e. The van der Waals surface area contributed by atoms with Crippen LogP contribution in [-0.2, 0) is 6.42 Å². The average molecular weight is 299 g/mol.